The highest BCUT2D eigenvalue weighted by atomic mass is 127. The number of thiophene rings is 1. The van der Waals surface area contributed by atoms with Crippen molar-refractivity contribution in [2.45, 2.75) is 25.6 Å². The van der Waals surface area contributed by atoms with Gasteiger partial charge in [-0.05, 0) is 37.4 Å². The molecule has 0 radical (unpaired) electrons. The first kappa shape index (κ1) is 21.8. The number of hydrogen-bond donors (Lipinski definition) is 3. The van der Waals surface area contributed by atoms with E-state index in [1.807, 2.05) is 48.7 Å². The van der Waals surface area contributed by atoms with Crippen molar-refractivity contribution in [2.24, 2.45) is 4.99 Å². The normalized spacial score (nSPS) is 18.2. The molecule has 148 valence electrons. The lowest BCUT2D eigenvalue weighted by Crippen LogP contribution is -2.45. The molecule has 3 N–H and O–H groups in total. The highest BCUT2D eigenvalue weighted by Gasteiger charge is 2.24. The van der Waals surface area contributed by atoms with E-state index in [2.05, 4.69) is 15.6 Å². The van der Waals surface area contributed by atoms with Gasteiger partial charge in [-0.25, -0.2) is 4.99 Å². The second-order valence-electron chi connectivity index (χ2n) is 6.32. The summed E-state index contributed by atoms with van der Waals surface area (Å²) >= 11 is 1.53. The van der Waals surface area contributed by atoms with Crippen molar-refractivity contribution in [1.29, 1.82) is 0 Å². The van der Waals surface area contributed by atoms with Gasteiger partial charge in [-0.1, -0.05) is 18.2 Å². The molecule has 0 bridgehead atoms. The first-order valence-corrected chi connectivity index (χ1v) is 9.63. The molecule has 2 unspecified atom stereocenters. The van der Waals surface area contributed by atoms with E-state index in [0.29, 0.717) is 19.1 Å². The van der Waals surface area contributed by atoms with Gasteiger partial charge in [-0.15, -0.1) is 35.3 Å². The molecule has 1 aromatic carbocycles. The predicted octanol–water partition coefficient (Wildman–Crippen LogP) is 2.97. The monoisotopic (exact) mass is 503 g/mol. The van der Waals surface area contributed by atoms with Gasteiger partial charge in [-0.3, -0.25) is 0 Å². The van der Waals surface area contributed by atoms with E-state index < -0.39 is 5.60 Å². The quantitative estimate of drug-likeness (QED) is 0.321. The Kier molecular flexibility index (Phi) is 8.18. The van der Waals surface area contributed by atoms with Gasteiger partial charge in [0.05, 0.1) is 13.1 Å². The molecule has 1 aliphatic rings. The van der Waals surface area contributed by atoms with Gasteiger partial charge in [0.1, 0.15) is 18.3 Å². The third-order valence-corrected chi connectivity index (χ3v) is 5.13. The van der Waals surface area contributed by atoms with Crippen molar-refractivity contribution < 1.29 is 14.6 Å². The molecule has 0 saturated heterocycles. The van der Waals surface area contributed by atoms with Crippen LogP contribution in [0.3, 0.4) is 0 Å². The Balaban J connectivity index is 0.00000261. The molecule has 3 rings (SSSR count). The fourth-order valence-electron chi connectivity index (χ4n) is 2.61. The molecule has 2 atom stereocenters. The van der Waals surface area contributed by atoms with Crippen LogP contribution in [-0.2, 0) is 5.60 Å². The zero-order valence-electron chi connectivity index (χ0n) is 15.5. The summed E-state index contributed by atoms with van der Waals surface area (Å²) in [7, 11) is 0. The van der Waals surface area contributed by atoms with Crippen LogP contribution in [0, 0.1) is 0 Å². The van der Waals surface area contributed by atoms with Crippen molar-refractivity contribution in [2.75, 3.05) is 26.2 Å². The van der Waals surface area contributed by atoms with E-state index in [-0.39, 0.29) is 36.6 Å². The number of rotatable bonds is 6. The Bertz CT molecular complexity index is 738. The van der Waals surface area contributed by atoms with E-state index in [0.717, 1.165) is 22.9 Å². The van der Waals surface area contributed by atoms with Crippen molar-refractivity contribution in [1.82, 2.24) is 10.6 Å². The lowest BCUT2D eigenvalue weighted by molar-refractivity contribution is 0.0710. The summed E-state index contributed by atoms with van der Waals surface area (Å²) in [6.45, 7) is 5.83. The third kappa shape index (κ3) is 5.98. The molecule has 0 amide bonds. The van der Waals surface area contributed by atoms with E-state index in [1.165, 1.54) is 11.3 Å². The summed E-state index contributed by atoms with van der Waals surface area (Å²) in [6, 6.07) is 11.5. The summed E-state index contributed by atoms with van der Waals surface area (Å²) in [6.07, 6.45) is -0.105. The van der Waals surface area contributed by atoms with Gasteiger partial charge in [0.15, 0.2) is 17.5 Å². The SMILES string of the molecule is CCNC(=NCC(C)(O)c1cccs1)NCC1COc2ccccc2O1.I. The summed E-state index contributed by atoms with van der Waals surface area (Å²) in [4.78, 5) is 5.43. The van der Waals surface area contributed by atoms with E-state index >= 15 is 0 Å². The Labute approximate surface area is 181 Å². The predicted molar refractivity (Wildman–Crippen MR) is 120 cm³/mol. The average Bonchev–Trinajstić information content (AvgIpc) is 3.19. The van der Waals surface area contributed by atoms with Gasteiger partial charge < -0.3 is 25.2 Å². The summed E-state index contributed by atoms with van der Waals surface area (Å²) < 4.78 is 11.7. The molecule has 6 nitrogen and oxygen atoms in total. The Morgan fingerprint density at radius 1 is 1.26 bits per heavy atom. The summed E-state index contributed by atoms with van der Waals surface area (Å²) in [5.41, 5.74) is -0.986. The van der Waals surface area contributed by atoms with Crippen molar-refractivity contribution in [3.63, 3.8) is 0 Å². The number of aliphatic imine (C=N–C) groups is 1. The van der Waals surface area contributed by atoms with Crippen LogP contribution in [0.1, 0.15) is 18.7 Å². The number of hydrogen-bond acceptors (Lipinski definition) is 5. The Morgan fingerprint density at radius 2 is 2.04 bits per heavy atom. The highest BCUT2D eigenvalue weighted by Crippen LogP contribution is 2.30. The number of fused-ring (bicyclic) bond motifs is 1. The van der Waals surface area contributed by atoms with Crippen LogP contribution in [0.4, 0.5) is 0 Å². The molecule has 0 saturated carbocycles. The van der Waals surface area contributed by atoms with E-state index in [9.17, 15) is 5.11 Å². The van der Waals surface area contributed by atoms with Crippen molar-refractivity contribution in [3.05, 3.63) is 46.7 Å². The molecule has 27 heavy (non-hydrogen) atoms. The molecular formula is C19H26IN3O3S. The Hall–Kier alpha value is -1.52. The van der Waals surface area contributed by atoms with Crippen molar-refractivity contribution >= 4 is 41.3 Å². The van der Waals surface area contributed by atoms with Gasteiger partial charge in [0.25, 0.3) is 0 Å². The lowest BCUT2D eigenvalue weighted by Gasteiger charge is -2.27. The van der Waals surface area contributed by atoms with Gasteiger partial charge in [0.2, 0.25) is 0 Å². The summed E-state index contributed by atoms with van der Waals surface area (Å²) in [5.74, 6) is 2.18. The number of benzene rings is 1. The second kappa shape index (κ2) is 10.1. The number of nitrogens with zero attached hydrogens (tertiary/aromatic N) is 1. The fraction of sp³-hybridized carbons (Fsp3) is 0.421. The van der Waals surface area contributed by atoms with Crippen LogP contribution in [0.5, 0.6) is 11.5 Å². The number of nitrogens with one attached hydrogen (secondary N) is 2. The van der Waals surface area contributed by atoms with Crippen molar-refractivity contribution in [3.8, 4) is 11.5 Å². The molecule has 2 aromatic rings. The maximum absolute atomic E-state index is 10.6. The Morgan fingerprint density at radius 3 is 2.74 bits per heavy atom. The van der Waals surface area contributed by atoms with Gasteiger partial charge in [0, 0.05) is 11.4 Å². The maximum Gasteiger partial charge on any atom is 0.191 e. The third-order valence-electron chi connectivity index (χ3n) is 4.01. The van der Waals surface area contributed by atoms with Crippen LogP contribution >= 0.6 is 35.3 Å². The molecule has 0 aliphatic carbocycles. The van der Waals surface area contributed by atoms with E-state index in [1.54, 1.807) is 6.92 Å². The number of halogens is 1. The molecule has 8 heteroatoms. The standard InChI is InChI=1S/C19H25N3O3S.HI/c1-3-20-18(22-13-19(2,23)17-9-6-10-26-17)21-11-14-12-24-15-7-4-5-8-16(15)25-14;/h4-10,14,23H,3,11-13H2,1-2H3,(H2,20,21,22);1H. The molecular weight excluding hydrogens is 477 g/mol. The van der Waals surface area contributed by atoms with E-state index in [4.69, 9.17) is 9.47 Å². The molecule has 0 fully saturated rings. The molecule has 0 spiro atoms. The maximum atomic E-state index is 10.6. The fourth-order valence-corrected chi connectivity index (χ4v) is 3.39. The number of para-hydroxylation sites is 2. The van der Waals surface area contributed by atoms with Crippen LogP contribution in [0.2, 0.25) is 0 Å². The molecule has 1 aromatic heterocycles. The smallest absolute Gasteiger partial charge is 0.191 e. The molecule has 2 heterocycles. The molecule has 1 aliphatic heterocycles. The number of ether oxygens (including phenoxy) is 2. The minimum Gasteiger partial charge on any atom is -0.486 e. The van der Waals surface area contributed by atoms with Crippen LogP contribution in [0.25, 0.3) is 0 Å². The van der Waals surface area contributed by atoms with Crippen LogP contribution in [0.15, 0.2) is 46.8 Å². The largest absolute Gasteiger partial charge is 0.486 e. The van der Waals surface area contributed by atoms with Gasteiger partial charge in [-0.2, -0.15) is 0 Å². The second-order valence-corrected chi connectivity index (χ2v) is 7.27. The number of guanidine groups is 1. The van der Waals surface area contributed by atoms with Gasteiger partial charge >= 0.3 is 0 Å². The first-order chi connectivity index (χ1) is 12.6. The average molecular weight is 503 g/mol. The topological polar surface area (TPSA) is 75.1 Å². The zero-order valence-corrected chi connectivity index (χ0v) is 18.6. The summed E-state index contributed by atoms with van der Waals surface area (Å²) in [5, 5.41) is 19.0. The number of aliphatic hydroxyl groups is 1. The van der Waals surface area contributed by atoms with Crippen LogP contribution < -0.4 is 20.1 Å². The minimum absolute atomic E-state index is 0. The lowest BCUT2D eigenvalue weighted by atomic mass is 10.1. The first-order valence-electron chi connectivity index (χ1n) is 8.75. The minimum atomic E-state index is -0.986. The van der Waals surface area contributed by atoms with Crippen LogP contribution in [-0.4, -0.2) is 43.4 Å². The highest BCUT2D eigenvalue weighted by molar-refractivity contribution is 14.0. The zero-order chi connectivity index (χ0) is 18.4.